The van der Waals surface area contributed by atoms with Crippen LogP contribution in [0.25, 0.3) is 0 Å². The Bertz CT molecular complexity index is 1270. The van der Waals surface area contributed by atoms with Crippen molar-refractivity contribution < 1.29 is 14.4 Å². The standard InChI is InChI=1S/C28H28N4O3/c1-18-13-15-20(16-14-18)17-24(33)29-19(2)27(34)31-26-28(35)32(3)23-12-8-7-11-22(23)25(30-26)21-9-5-4-6-10-21/h4-16,19,26H,17H2,1-3H3,(H,29,33)(H,31,34)/t19-,26+/m0/s1. The summed E-state index contributed by atoms with van der Waals surface area (Å²) in [5.74, 6) is -1.13. The first-order valence-electron chi connectivity index (χ1n) is 11.5. The number of carbonyl (C=O) groups excluding carboxylic acids is 3. The minimum atomic E-state index is -1.13. The predicted octanol–water partition coefficient (Wildman–Crippen LogP) is 3.00. The summed E-state index contributed by atoms with van der Waals surface area (Å²) in [5.41, 5.74) is 4.91. The van der Waals surface area contributed by atoms with Gasteiger partial charge in [-0.15, -0.1) is 0 Å². The second-order valence-corrected chi connectivity index (χ2v) is 8.62. The number of nitrogens with one attached hydrogen (secondary N) is 2. The van der Waals surface area contributed by atoms with E-state index in [4.69, 9.17) is 0 Å². The highest BCUT2D eigenvalue weighted by Gasteiger charge is 2.32. The molecule has 0 radical (unpaired) electrons. The first kappa shape index (κ1) is 23.9. The van der Waals surface area contributed by atoms with E-state index in [2.05, 4.69) is 15.6 Å². The van der Waals surface area contributed by atoms with Gasteiger partial charge in [0.2, 0.25) is 18.0 Å². The topological polar surface area (TPSA) is 90.9 Å². The summed E-state index contributed by atoms with van der Waals surface area (Å²) >= 11 is 0. The molecule has 1 aliphatic heterocycles. The number of rotatable bonds is 6. The van der Waals surface area contributed by atoms with E-state index in [-0.39, 0.29) is 18.2 Å². The zero-order chi connectivity index (χ0) is 24.9. The Morgan fingerprint density at radius 3 is 2.34 bits per heavy atom. The van der Waals surface area contributed by atoms with Crippen LogP contribution in [0.5, 0.6) is 0 Å². The maximum Gasteiger partial charge on any atom is 0.272 e. The number of fused-ring (bicyclic) bond motifs is 1. The van der Waals surface area contributed by atoms with Crippen molar-refractivity contribution in [2.24, 2.45) is 4.99 Å². The van der Waals surface area contributed by atoms with Crippen LogP contribution in [0.3, 0.4) is 0 Å². The third-order valence-electron chi connectivity index (χ3n) is 5.93. The lowest BCUT2D eigenvalue weighted by atomic mass is 10.0. The Kier molecular flexibility index (Phi) is 7.06. The molecule has 2 atom stereocenters. The number of carbonyl (C=O) groups is 3. The third kappa shape index (κ3) is 5.46. The highest BCUT2D eigenvalue weighted by atomic mass is 16.2. The van der Waals surface area contributed by atoms with Crippen LogP contribution in [0.15, 0.2) is 83.9 Å². The number of benzene rings is 3. The minimum Gasteiger partial charge on any atom is -0.344 e. The molecule has 1 heterocycles. The van der Waals surface area contributed by atoms with Crippen LogP contribution in [-0.2, 0) is 20.8 Å². The van der Waals surface area contributed by atoms with Gasteiger partial charge in [-0.05, 0) is 25.5 Å². The molecule has 0 saturated heterocycles. The fourth-order valence-corrected chi connectivity index (χ4v) is 3.95. The Balaban J connectivity index is 1.53. The van der Waals surface area contributed by atoms with E-state index < -0.39 is 18.1 Å². The monoisotopic (exact) mass is 468 g/mol. The summed E-state index contributed by atoms with van der Waals surface area (Å²) in [6.45, 7) is 3.57. The van der Waals surface area contributed by atoms with Gasteiger partial charge in [0.05, 0.1) is 17.8 Å². The van der Waals surface area contributed by atoms with Crippen LogP contribution in [0.2, 0.25) is 0 Å². The van der Waals surface area contributed by atoms with Crippen LogP contribution in [-0.4, -0.2) is 42.7 Å². The highest BCUT2D eigenvalue weighted by Crippen LogP contribution is 2.27. The van der Waals surface area contributed by atoms with Gasteiger partial charge in [0.25, 0.3) is 5.91 Å². The maximum absolute atomic E-state index is 13.3. The lowest BCUT2D eigenvalue weighted by Gasteiger charge is -2.22. The average Bonchev–Trinajstić information content (AvgIpc) is 2.96. The van der Waals surface area contributed by atoms with E-state index >= 15 is 0 Å². The number of hydrogen-bond acceptors (Lipinski definition) is 4. The van der Waals surface area contributed by atoms with Crippen molar-refractivity contribution in [1.82, 2.24) is 10.6 Å². The second kappa shape index (κ2) is 10.3. The van der Waals surface area contributed by atoms with Crippen molar-refractivity contribution in [1.29, 1.82) is 0 Å². The summed E-state index contributed by atoms with van der Waals surface area (Å²) < 4.78 is 0. The predicted molar refractivity (Wildman–Crippen MR) is 136 cm³/mol. The molecule has 0 aliphatic carbocycles. The fraction of sp³-hybridized carbons (Fsp3) is 0.214. The van der Waals surface area contributed by atoms with E-state index in [1.807, 2.05) is 85.8 Å². The van der Waals surface area contributed by atoms with E-state index in [0.29, 0.717) is 11.4 Å². The zero-order valence-corrected chi connectivity index (χ0v) is 20.0. The molecule has 0 aromatic heterocycles. The highest BCUT2D eigenvalue weighted by molar-refractivity contribution is 6.20. The van der Waals surface area contributed by atoms with Crippen LogP contribution in [0.1, 0.15) is 29.2 Å². The molecule has 7 nitrogen and oxygen atoms in total. The molecule has 3 aromatic carbocycles. The lowest BCUT2D eigenvalue weighted by Crippen LogP contribution is -2.52. The number of aliphatic imine (C=N–C) groups is 1. The average molecular weight is 469 g/mol. The number of hydrogen-bond donors (Lipinski definition) is 2. The number of anilines is 1. The Morgan fingerprint density at radius 2 is 1.63 bits per heavy atom. The van der Waals surface area contributed by atoms with E-state index in [0.717, 1.165) is 22.3 Å². The quantitative estimate of drug-likeness (QED) is 0.583. The second-order valence-electron chi connectivity index (χ2n) is 8.62. The van der Waals surface area contributed by atoms with Gasteiger partial charge in [-0.1, -0.05) is 78.4 Å². The third-order valence-corrected chi connectivity index (χ3v) is 5.93. The fourth-order valence-electron chi connectivity index (χ4n) is 3.95. The number of nitrogens with zero attached hydrogens (tertiary/aromatic N) is 2. The van der Waals surface area contributed by atoms with Crippen LogP contribution in [0.4, 0.5) is 5.69 Å². The molecular formula is C28H28N4O3. The molecule has 0 spiro atoms. The minimum absolute atomic E-state index is 0.161. The molecule has 3 amide bonds. The largest absolute Gasteiger partial charge is 0.344 e. The smallest absolute Gasteiger partial charge is 0.272 e. The van der Waals surface area contributed by atoms with Gasteiger partial charge in [-0.3, -0.25) is 14.4 Å². The lowest BCUT2D eigenvalue weighted by molar-refractivity contribution is -0.130. The number of amides is 3. The molecule has 178 valence electrons. The van der Waals surface area contributed by atoms with Crippen LogP contribution >= 0.6 is 0 Å². The molecule has 0 bridgehead atoms. The van der Waals surface area contributed by atoms with Crippen molar-refractivity contribution in [2.75, 3.05) is 11.9 Å². The number of benzodiazepines with no additional fused rings is 1. The molecule has 0 saturated carbocycles. The Morgan fingerprint density at radius 1 is 0.971 bits per heavy atom. The van der Waals surface area contributed by atoms with Gasteiger partial charge < -0.3 is 15.5 Å². The molecule has 1 aliphatic rings. The normalized spacial score (nSPS) is 16.0. The first-order valence-corrected chi connectivity index (χ1v) is 11.5. The summed E-state index contributed by atoms with van der Waals surface area (Å²) in [6.07, 6.45) is -0.971. The molecule has 7 heteroatoms. The molecule has 4 rings (SSSR count). The summed E-state index contributed by atoms with van der Waals surface area (Å²) in [7, 11) is 1.66. The SMILES string of the molecule is Cc1ccc(CC(=O)N[C@@H](C)C(=O)N[C@H]2N=C(c3ccccc3)c3ccccc3N(C)C2=O)cc1. The van der Waals surface area contributed by atoms with Gasteiger partial charge in [0.1, 0.15) is 6.04 Å². The number of likely N-dealkylation sites (N-methyl/N-ethyl adjacent to an activating group) is 1. The summed E-state index contributed by atoms with van der Waals surface area (Å²) in [5, 5.41) is 5.43. The van der Waals surface area contributed by atoms with Gasteiger partial charge in [0, 0.05) is 18.2 Å². The van der Waals surface area contributed by atoms with E-state index in [9.17, 15) is 14.4 Å². The van der Waals surface area contributed by atoms with Crippen molar-refractivity contribution >= 4 is 29.1 Å². The maximum atomic E-state index is 13.3. The summed E-state index contributed by atoms with van der Waals surface area (Å²) in [6, 6.07) is 23.8. The molecule has 0 fully saturated rings. The zero-order valence-electron chi connectivity index (χ0n) is 20.0. The van der Waals surface area contributed by atoms with Crippen molar-refractivity contribution in [2.45, 2.75) is 32.5 Å². The van der Waals surface area contributed by atoms with Gasteiger partial charge in [-0.2, -0.15) is 0 Å². The Hall–Kier alpha value is -4.26. The van der Waals surface area contributed by atoms with E-state index in [1.165, 1.54) is 4.90 Å². The summed E-state index contributed by atoms with van der Waals surface area (Å²) in [4.78, 5) is 44.9. The van der Waals surface area contributed by atoms with Gasteiger partial charge in [0.15, 0.2) is 0 Å². The number of para-hydroxylation sites is 1. The van der Waals surface area contributed by atoms with Crippen molar-refractivity contribution in [3.05, 3.63) is 101 Å². The Labute approximate surface area is 204 Å². The van der Waals surface area contributed by atoms with Crippen LogP contribution < -0.4 is 15.5 Å². The van der Waals surface area contributed by atoms with Crippen molar-refractivity contribution in [3.8, 4) is 0 Å². The van der Waals surface area contributed by atoms with Gasteiger partial charge in [-0.25, -0.2) is 4.99 Å². The van der Waals surface area contributed by atoms with Gasteiger partial charge >= 0.3 is 0 Å². The molecule has 2 N–H and O–H groups in total. The molecule has 0 unspecified atom stereocenters. The van der Waals surface area contributed by atoms with E-state index in [1.54, 1.807) is 14.0 Å². The molecule has 3 aromatic rings. The number of aryl methyl sites for hydroxylation is 1. The first-order chi connectivity index (χ1) is 16.8. The molecular weight excluding hydrogens is 440 g/mol. The van der Waals surface area contributed by atoms with Crippen molar-refractivity contribution in [3.63, 3.8) is 0 Å². The molecule has 35 heavy (non-hydrogen) atoms. The van der Waals surface area contributed by atoms with Crippen LogP contribution in [0, 0.1) is 6.92 Å².